The van der Waals surface area contributed by atoms with E-state index < -0.39 is 63.0 Å². The number of pyridine rings is 2. The molecule has 0 saturated heterocycles. The summed E-state index contributed by atoms with van der Waals surface area (Å²) in [5.74, 6) is 0.152. The Kier molecular flexibility index (Phi) is 13.6. The Labute approximate surface area is 710 Å². The summed E-state index contributed by atoms with van der Waals surface area (Å²) in [4.78, 5) is 34.9. The van der Waals surface area contributed by atoms with Crippen LogP contribution in [0, 0.1) is 6.92 Å². The summed E-state index contributed by atoms with van der Waals surface area (Å²) in [7, 11) is -3.74. The third kappa shape index (κ3) is 10.5. The summed E-state index contributed by atoms with van der Waals surface area (Å²) in [6.07, 6.45) is 5.44. The van der Waals surface area contributed by atoms with Gasteiger partial charge in [0.1, 0.15) is 11.2 Å². The van der Waals surface area contributed by atoms with Gasteiger partial charge in [-0.3, -0.25) is 9.97 Å². The van der Waals surface area contributed by atoms with Crippen molar-refractivity contribution < 1.29 is 25.2 Å². The van der Waals surface area contributed by atoms with Gasteiger partial charge in [0.2, 0.25) is 9.84 Å². The van der Waals surface area contributed by atoms with Gasteiger partial charge in [0.25, 0.3) is 0 Å². The van der Waals surface area contributed by atoms with Gasteiger partial charge in [-0.15, -0.1) is 0 Å². The molecule has 0 N–H and O–H groups in total. The standard InChI is InChI=1S/C57H34N4O2S.C53H33N3O/c62-64(63)52-23-11-8-20-44(52)55-53(64)29-27-47-54(55)43-19-7-10-22-46(43)57(47)45-21-9-6-18-41(45)39-16-4-5-17-40(39)42-26-24-36(31-48(42)57)56-60-50(35-13-2-1-3-14-35)32-51(61-56)38-25-28-49(59-34-38)37-15-12-30-58-33-37;1-32-14-13-17-34(28-32)51-54-50(33-15-3-2-4-16-33)55-52(56-51)35-26-27-40-37-19-6-5-18-36(37)38-20-7-10-23-44(38)53(46(40)29-35)45-24-11-8-21-39(45)42-31-49-43(30-47(42)53)41-22-9-12-25-48(41)57-49/h1-34H;2-31H,1H3/i;2D,3D,4D,13D,14D,15D,16D,17D,28D. The van der Waals surface area contributed by atoms with Crippen LogP contribution in [0.1, 0.15) is 62.4 Å². The number of furan rings is 1. The van der Waals surface area contributed by atoms with E-state index >= 15 is 0 Å². The molecule has 2 unspecified atom stereocenters. The highest BCUT2D eigenvalue weighted by molar-refractivity contribution is 7.92. The number of rotatable bonds is 7. The van der Waals surface area contributed by atoms with E-state index in [-0.39, 0.29) is 46.2 Å². The Hall–Kier alpha value is -15.6. The smallest absolute Gasteiger partial charge is 0.207 e. The van der Waals surface area contributed by atoms with E-state index in [9.17, 15) is 8.42 Å². The maximum atomic E-state index is 14.3. The van der Waals surface area contributed by atoms with Crippen LogP contribution in [0.5, 0.6) is 0 Å². The summed E-state index contributed by atoms with van der Waals surface area (Å²) in [5.41, 5.74) is 28.4. The van der Waals surface area contributed by atoms with Crippen molar-refractivity contribution in [3.8, 4) is 157 Å². The van der Waals surface area contributed by atoms with Gasteiger partial charge in [0.05, 0.1) is 50.0 Å². The molecule has 5 aromatic heterocycles. The number of fused-ring (bicyclic) bond motifs is 31. The molecule has 1 aliphatic heterocycles. The number of nitrogens with zero attached hydrogens (tertiary/aromatic N) is 7. The van der Waals surface area contributed by atoms with E-state index in [4.69, 9.17) is 41.7 Å². The normalized spacial score (nSPS) is 16.2. The third-order valence-corrected chi connectivity index (χ3v) is 26.5. The van der Waals surface area contributed by atoms with Crippen molar-refractivity contribution >= 4 is 31.8 Å². The SMILES string of the molecule is O=S1(=O)c2ccccc2-c2c1ccc1c2-c2ccccc2C12c1ccccc1-c1ccccc1-c1ccc(-c3nc(-c4ccccc4)cc(-c4ccc(-c5cccnc5)nc4)n3)cc12.[2H]c1c([2H])c([2H])c(-c2nc(-c3ccc4c(c3)C3(c5ccccc5-c5ccccc5-4)c4ccccc4-c4cc5oc6ccccc6c5cc43)nc(-c3c([2H])c([2H])c([2H])c(C)c3[2H])n2)c([2H])c1[2H]. The number of hydrogen-bond acceptors (Lipinski definition) is 10. The Morgan fingerprint density at radius 2 is 0.785 bits per heavy atom. The maximum absolute atomic E-state index is 14.3. The summed E-state index contributed by atoms with van der Waals surface area (Å²) >= 11 is 0. The van der Waals surface area contributed by atoms with Crippen molar-refractivity contribution in [3.63, 3.8) is 0 Å². The fourth-order valence-corrected chi connectivity index (χ4v) is 21.3. The molecule has 0 fully saturated rings. The molecular formula is C110H67N7O3S. The van der Waals surface area contributed by atoms with Crippen LogP contribution in [0.3, 0.4) is 0 Å². The van der Waals surface area contributed by atoms with Crippen molar-refractivity contribution in [3.05, 3.63) is 438 Å². The Bertz CT molecular complexity index is 8340. The first-order chi connectivity index (χ1) is 63.4. The minimum Gasteiger partial charge on any atom is -0.456 e. The zero-order valence-electron chi connectivity index (χ0n) is 73.5. The van der Waals surface area contributed by atoms with Crippen LogP contribution in [-0.4, -0.2) is 43.3 Å². The Morgan fingerprint density at radius 3 is 1.41 bits per heavy atom. The van der Waals surface area contributed by atoms with Gasteiger partial charge in [0.15, 0.2) is 23.3 Å². The van der Waals surface area contributed by atoms with Crippen LogP contribution in [0.25, 0.3) is 179 Å². The Morgan fingerprint density at radius 1 is 0.298 bits per heavy atom. The zero-order chi connectivity index (χ0) is 88.1. The van der Waals surface area contributed by atoms with Crippen LogP contribution in [0.4, 0.5) is 0 Å². The highest BCUT2D eigenvalue weighted by atomic mass is 32.2. The monoisotopic (exact) mass is 1570 g/mol. The number of para-hydroxylation sites is 1. The van der Waals surface area contributed by atoms with Crippen LogP contribution in [0.2, 0.25) is 0 Å². The average Bonchev–Trinajstić information content (AvgIpc) is 1.50. The van der Waals surface area contributed by atoms with E-state index in [1.165, 1.54) is 6.92 Å². The molecule has 11 heteroatoms. The van der Waals surface area contributed by atoms with E-state index in [0.717, 1.165) is 184 Å². The fraction of sp³-hybridized carbons (Fsp3) is 0.0273. The van der Waals surface area contributed by atoms with Crippen LogP contribution >= 0.6 is 0 Å². The molecule has 6 heterocycles. The maximum Gasteiger partial charge on any atom is 0.207 e. The first-order valence-electron chi connectivity index (χ1n) is 44.5. The fourth-order valence-electron chi connectivity index (χ4n) is 19.6. The summed E-state index contributed by atoms with van der Waals surface area (Å²) in [6, 6.07) is 104. The molecule has 15 aromatic carbocycles. The van der Waals surface area contributed by atoms with Gasteiger partial charge in [-0.05, 0) is 197 Å². The molecule has 121 heavy (non-hydrogen) atoms. The highest BCUT2D eigenvalue weighted by Crippen LogP contribution is 2.67. The molecule has 25 rings (SSSR count). The lowest BCUT2D eigenvalue weighted by molar-refractivity contribution is 0.598. The largest absolute Gasteiger partial charge is 0.456 e. The molecule has 5 aliphatic rings. The number of aromatic nitrogens is 7. The van der Waals surface area contributed by atoms with Crippen molar-refractivity contribution in [1.82, 2.24) is 34.9 Å². The van der Waals surface area contributed by atoms with Gasteiger partial charge in [-0.1, -0.05) is 297 Å². The van der Waals surface area contributed by atoms with Crippen molar-refractivity contribution in [2.45, 2.75) is 27.5 Å². The zero-order valence-corrected chi connectivity index (χ0v) is 65.3. The van der Waals surface area contributed by atoms with Crippen LogP contribution in [0.15, 0.2) is 403 Å². The molecule has 0 radical (unpaired) electrons. The average molecular weight is 1580 g/mol. The van der Waals surface area contributed by atoms with Crippen LogP contribution in [-0.2, 0) is 20.7 Å². The lowest BCUT2D eigenvalue weighted by Gasteiger charge is -2.35. The van der Waals surface area contributed by atoms with Crippen molar-refractivity contribution in [1.29, 1.82) is 0 Å². The molecule has 2 spiro atoms. The quantitative estimate of drug-likeness (QED) is 0.152. The lowest BCUT2D eigenvalue weighted by atomic mass is 9.65. The molecule has 566 valence electrons. The van der Waals surface area contributed by atoms with E-state index in [1.807, 2.05) is 128 Å². The topological polar surface area (TPSA) is 138 Å². The summed E-state index contributed by atoms with van der Waals surface area (Å²) < 4.78 is 113. The van der Waals surface area contributed by atoms with E-state index in [0.29, 0.717) is 21.2 Å². The molecule has 20 aromatic rings. The third-order valence-electron chi connectivity index (χ3n) is 24.6. The summed E-state index contributed by atoms with van der Waals surface area (Å²) in [6.45, 7) is 1.52. The molecule has 4 aliphatic carbocycles. The van der Waals surface area contributed by atoms with E-state index in [1.54, 1.807) is 12.3 Å². The summed E-state index contributed by atoms with van der Waals surface area (Å²) in [5, 5.41) is 1.96. The minimum absolute atomic E-state index is 0.0475. The second-order valence-corrected chi connectivity index (χ2v) is 32.8. The van der Waals surface area contributed by atoms with E-state index in [2.05, 4.69) is 204 Å². The van der Waals surface area contributed by atoms with Gasteiger partial charge in [-0.2, -0.15) is 0 Å². The van der Waals surface area contributed by atoms with Gasteiger partial charge in [-0.25, -0.2) is 33.3 Å². The van der Waals surface area contributed by atoms with Crippen LogP contribution < -0.4 is 0 Å². The molecule has 0 amide bonds. The molecule has 0 saturated carbocycles. The number of sulfone groups is 1. The predicted molar refractivity (Wildman–Crippen MR) is 482 cm³/mol. The predicted octanol–water partition coefficient (Wildman–Crippen LogP) is 25.8. The first-order valence-corrected chi connectivity index (χ1v) is 41.5. The first kappa shape index (κ1) is 60.9. The Balaban J connectivity index is 0.000000144. The lowest BCUT2D eigenvalue weighted by Crippen LogP contribution is -2.29. The molecular weight excluding hydrogens is 1500 g/mol. The molecule has 2 atom stereocenters. The number of benzene rings is 15. The van der Waals surface area contributed by atoms with Crippen molar-refractivity contribution in [2.24, 2.45) is 0 Å². The second kappa shape index (κ2) is 27.0. The number of hydrogen-bond donors (Lipinski definition) is 0. The molecule has 10 nitrogen and oxygen atoms in total. The highest BCUT2D eigenvalue weighted by Gasteiger charge is 2.54. The van der Waals surface area contributed by atoms with Crippen molar-refractivity contribution in [2.75, 3.05) is 0 Å². The second-order valence-electron chi connectivity index (χ2n) is 31.0. The molecule has 0 bridgehead atoms. The van der Waals surface area contributed by atoms with Gasteiger partial charge in [0, 0.05) is 79.4 Å². The van der Waals surface area contributed by atoms with Gasteiger partial charge >= 0.3 is 0 Å². The minimum atomic E-state index is -3.74. The van der Waals surface area contributed by atoms with Gasteiger partial charge < -0.3 is 4.42 Å².